The molecule has 0 bridgehead atoms. The quantitative estimate of drug-likeness (QED) is 0.644. The van der Waals surface area contributed by atoms with E-state index in [-0.39, 0.29) is 0 Å². The molecule has 9 nitrogen and oxygen atoms in total. The van der Waals surface area contributed by atoms with Gasteiger partial charge in [-0.1, -0.05) is 0 Å². The maximum Gasteiger partial charge on any atom is 0.326 e. The molecule has 3 aromatic rings. The van der Waals surface area contributed by atoms with E-state index < -0.39 is 12.0 Å². The molecule has 0 aromatic carbocycles. The van der Waals surface area contributed by atoms with Gasteiger partial charge in [0, 0.05) is 30.4 Å². The molecule has 4 heterocycles. The number of carbonyl (C=O) groups is 1. The van der Waals surface area contributed by atoms with Crippen molar-refractivity contribution >= 4 is 29.1 Å². The van der Waals surface area contributed by atoms with E-state index in [1.807, 2.05) is 24.4 Å². The molecule has 0 unspecified atom stereocenters. The van der Waals surface area contributed by atoms with Crippen LogP contribution in [0.1, 0.15) is 37.3 Å². The average Bonchev–Trinajstić information content (AvgIpc) is 3.06. The number of hydrogen-bond donors (Lipinski definition) is 3. The summed E-state index contributed by atoms with van der Waals surface area (Å²) >= 11 is 0. The van der Waals surface area contributed by atoms with Crippen LogP contribution in [0.15, 0.2) is 24.4 Å². The second-order valence-electron chi connectivity index (χ2n) is 6.90. The van der Waals surface area contributed by atoms with Crippen molar-refractivity contribution in [3.63, 3.8) is 0 Å². The SMILES string of the molecule is O=C(O)[C@@H]1CCCN1c1nc(Nc2cc(C3CC3)[nH]n2)c2cccn2n1. The Hall–Kier alpha value is -3.10. The largest absolute Gasteiger partial charge is 0.480 e. The molecule has 0 amide bonds. The third kappa shape index (κ3) is 2.56. The molecular formula is C17H19N7O2. The van der Waals surface area contributed by atoms with Crippen molar-refractivity contribution < 1.29 is 9.90 Å². The van der Waals surface area contributed by atoms with Crippen molar-refractivity contribution in [3.8, 4) is 0 Å². The number of fused-ring (bicyclic) bond motifs is 1. The lowest BCUT2D eigenvalue weighted by atomic mass is 10.2. The Morgan fingerprint density at radius 2 is 2.23 bits per heavy atom. The van der Waals surface area contributed by atoms with E-state index >= 15 is 0 Å². The van der Waals surface area contributed by atoms with E-state index in [0.29, 0.717) is 36.5 Å². The van der Waals surface area contributed by atoms with Crippen LogP contribution in [0.3, 0.4) is 0 Å². The minimum atomic E-state index is -0.838. The molecular weight excluding hydrogens is 334 g/mol. The Morgan fingerprint density at radius 3 is 3.04 bits per heavy atom. The zero-order chi connectivity index (χ0) is 17.7. The third-order valence-electron chi connectivity index (χ3n) is 5.04. The molecule has 1 aliphatic carbocycles. The maximum absolute atomic E-state index is 11.5. The Bertz CT molecular complexity index is 975. The van der Waals surface area contributed by atoms with Gasteiger partial charge in [0.25, 0.3) is 0 Å². The molecule has 2 fully saturated rings. The highest BCUT2D eigenvalue weighted by atomic mass is 16.4. The predicted molar refractivity (Wildman–Crippen MR) is 94.8 cm³/mol. The Labute approximate surface area is 149 Å². The summed E-state index contributed by atoms with van der Waals surface area (Å²) in [5, 5.41) is 24.6. The number of nitrogens with zero attached hydrogens (tertiary/aromatic N) is 5. The summed E-state index contributed by atoms with van der Waals surface area (Å²) in [5.74, 6) is 1.49. The maximum atomic E-state index is 11.5. The first-order valence-electron chi connectivity index (χ1n) is 8.86. The van der Waals surface area contributed by atoms with E-state index in [2.05, 4.69) is 25.6 Å². The number of aromatic nitrogens is 5. The molecule has 5 rings (SSSR count). The smallest absolute Gasteiger partial charge is 0.326 e. The van der Waals surface area contributed by atoms with Crippen LogP contribution in [0.25, 0.3) is 5.52 Å². The molecule has 0 radical (unpaired) electrons. The van der Waals surface area contributed by atoms with Crippen LogP contribution in [-0.2, 0) is 4.79 Å². The molecule has 3 aromatic heterocycles. The van der Waals surface area contributed by atoms with Crippen LogP contribution in [0.2, 0.25) is 0 Å². The number of anilines is 3. The first kappa shape index (κ1) is 15.2. The highest BCUT2D eigenvalue weighted by molar-refractivity contribution is 5.79. The van der Waals surface area contributed by atoms with Crippen molar-refractivity contribution in [2.45, 2.75) is 37.6 Å². The summed E-state index contributed by atoms with van der Waals surface area (Å²) in [6, 6.07) is 5.23. The molecule has 1 saturated heterocycles. The number of aliphatic carboxylic acids is 1. The minimum absolute atomic E-state index is 0.416. The summed E-state index contributed by atoms with van der Waals surface area (Å²) in [6.07, 6.45) is 5.66. The van der Waals surface area contributed by atoms with Gasteiger partial charge in [-0.05, 0) is 37.8 Å². The summed E-state index contributed by atoms with van der Waals surface area (Å²) in [5.41, 5.74) is 1.95. The molecule has 9 heteroatoms. The number of nitrogens with one attached hydrogen (secondary N) is 2. The second kappa shape index (κ2) is 5.72. The Morgan fingerprint density at radius 1 is 1.35 bits per heavy atom. The zero-order valence-electron chi connectivity index (χ0n) is 14.1. The van der Waals surface area contributed by atoms with Crippen LogP contribution in [-0.4, -0.2) is 48.5 Å². The van der Waals surface area contributed by atoms with Crippen LogP contribution in [0, 0.1) is 0 Å². The first-order valence-corrected chi connectivity index (χ1v) is 8.86. The summed E-state index contributed by atoms with van der Waals surface area (Å²) in [7, 11) is 0. The average molecular weight is 353 g/mol. The van der Waals surface area contributed by atoms with Crippen LogP contribution >= 0.6 is 0 Å². The van der Waals surface area contributed by atoms with Gasteiger partial charge in [-0.3, -0.25) is 5.10 Å². The van der Waals surface area contributed by atoms with E-state index in [9.17, 15) is 9.90 Å². The van der Waals surface area contributed by atoms with Crippen LogP contribution in [0.5, 0.6) is 0 Å². The Balaban J connectivity index is 1.51. The summed E-state index contributed by atoms with van der Waals surface area (Å²) < 4.78 is 1.72. The van der Waals surface area contributed by atoms with Gasteiger partial charge in [0.2, 0.25) is 5.95 Å². The van der Waals surface area contributed by atoms with Crippen molar-refractivity contribution in [1.29, 1.82) is 0 Å². The van der Waals surface area contributed by atoms with Crippen molar-refractivity contribution in [1.82, 2.24) is 24.8 Å². The van der Waals surface area contributed by atoms with Gasteiger partial charge >= 0.3 is 5.97 Å². The van der Waals surface area contributed by atoms with E-state index in [1.54, 1.807) is 9.42 Å². The fourth-order valence-corrected chi connectivity index (χ4v) is 3.52. The topological polar surface area (TPSA) is 111 Å². The molecule has 0 spiro atoms. The monoisotopic (exact) mass is 353 g/mol. The highest BCUT2D eigenvalue weighted by Crippen LogP contribution is 2.39. The minimum Gasteiger partial charge on any atom is -0.480 e. The number of carboxylic acid groups (broad SMARTS) is 1. The summed E-state index contributed by atoms with van der Waals surface area (Å²) in [6.45, 7) is 0.636. The van der Waals surface area contributed by atoms with Crippen molar-refractivity contribution in [3.05, 3.63) is 30.1 Å². The van der Waals surface area contributed by atoms with E-state index in [0.717, 1.165) is 17.6 Å². The van der Waals surface area contributed by atoms with Gasteiger partial charge in [-0.15, -0.1) is 5.10 Å². The molecule has 3 N–H and O–H groups in total. The number of hydrogen-bond acceptors (Lipinski definition) is 6. The van der Waals surface area contributed by atoms with Gasteiger partial charge < -0.3 is 15.3 Å². The number of H-pyrrole nitrogens is 1. The predicted octanol–water partition coefficient (Wildman–Crippen LogP) is 2.13. The van der Waals surface area contributed by atoms with Gasteiger partial charge in [-0.2, -0.15) is 10.1 Å². The molecule has 134 valence electrons. The lowest BCUT2D eigenvalue weighted by molar-refractivity contribution is -0.138. The van der Waals surface area contributed by atoms with Gasteiger partial charge in [0.15, 0.2) is 11.6 Å². The fourth-order valence-electron chi connectivity index (χ4n) is 3.52. The van der Waals surface area contributed by atoms with Gasteiger partial charge in [0.05, 0.1) is 0 Å². The molecule has 1 aliphatic heterocycles. The molecule has 26 heavy (non-hydrogen) atoms. The first-order chi connectivity index (χ1) is 12.7. The van der Waals surface area contributed by atoms with E-state index in [4.69, 9.17) is 0 Å². The Kier molecular flexibility index (Phi) is 3.34. The van der Waals surface area contributed by atoms with Crippen molar-refractivity contribution in [2.75, 3.05) is 16.8 Å². The van der Waals surface area contributed by atoms with Crippen LogP contribution < -0.4 is 10.2 Å². The third-order valence-corrected chi connectivity index (χ3v) is 5.04. The zero-order valence-corrected chi connectivity index (χ0v) is 14.1. The van der Waals surface area contributed by atoms with Gasteiger partial charge in [0.1, 0.15) is 11.6 Å². The lowest BCUT2D eigenvalue weighted by Gasteiger charge is -2.21. The lowest BCUT2D eigenvalue weighted by Crippen LogP contribution is -2.37. The normalized spacial score (nSPS) is 20.0. The fraction of sp³-hybridized carbons (Fsp3) is 0.412. The summed E-state index contributed by atoms with van der Waals surface area (Å²) in [4.78, 5) is 17.9. The highest BCUT2D eigenvalue weighted by Gasteiger charge is 2.33. The van der Waals surface area contributed by atoms with E-state index in [1.165, 1.54) is 12.8 Å². The second-order valence-corrected chi connectivity index (χ2v) is 6.90. The number of carboxylic acids is 1. The van der Waals surface area contributed by atoms with Crippen molar-refractivity contribution in [2.24, 2.45) is 0 Å². The number of rotatable bonds is 5. The number of aromatic amines is 1. The molecule has 2 aliphatic rings. The molecule has 1 saturated carbocycles. The molecule has 1 atom stereocenters. The standard InChI is InChI=1S/C17H19N7O2/c25-16(26)13-4-1-7-23(13)17-19-15(12-3-2-8-24(12)22-17)18-14-9-11(20-21-14)10-5-6-10/h2-3,8-10,13H,1,4-7H2,(H,25,26)(H2,18,19,20,21,22)/t13-/m0/s1. The van der Waals surface area contributed by atoms with Crippen LogP contribution in [0.4, 0.5) is 17.6 Å². The van der Waals surface area contributed by atoms with Gasteiger partial charge in [-0.25, -0.2) is 9.31 Å².